The van der Waals surface area contributed by atoms with E-state index in [1.165, 1.54) is 25.7 Å². The average Bonchev–Trinajstić information content (AvgIpc) is 2.63. The third-order valence-electron chi connectivity index (χ3n) is 2.92. The summed E-state index contributed by atoms with van der Waals surface area (Å²) in [5, 5.41) is 3.56. The molecule has 1 aliphatic rings. The normalized spacial score (nSPS) is 28.2. The third kappa shape index (κ3) is 4.49. The lowest BCUT2D eigenvalue weighted by molar-refractivity contribution is -0.0451. The second-order valence-corrected chi connectivity index (χ2v) is 4.43. The van der Waals surface area contributed by atoms with E-state index in [2.05, 4.69) is 19.2 Å². The first-order chi connectivity index (χ1) is 7.27. The zero-order valence-electron chi connectivity index (χ0n) is 10.3. The smallest absolute Gasteiger partial charge is 0.0784 e. The van der Waals surface area contributed by atoms with Crippen LogP contribution in [-0.4, -0.2) is 38.5 Å². The fraction of sp³-hybridized carbons (Fsp3) is 1.00. The van der Waals surface area contributed by atoms with E-state index in [-0.39, 0.29) is 6.10 Å². The van der Waals surface area contributed by atoms with Crippen LogP contribution in [-0.2, 0) is 9.47 Å². The number of nitrogens with one attached hydrogen (secondary N) is 1. The molecule has 1 saturated carbocycles. The molecule has 0 spiro atoms. The average molecular weight is 215 g/mol. The highest BCUT2D eigenvalue weighted by atomic mass is 16.5. The molecule has 1 rings (SSSR count). The van der Waals surface area contributed by atoms with Crippen molar-refractivity contribution in [2.75, 3.05) is 20.3 Å². The molecule has 0 heterocycles. The van der Waals surface area contributed by atoms with Crippen LogP contribution in [0.1, 0.15) is 39.5 Å². The van der Waals surface area contributed by atoms with Crippen LogP contribution in [0.15, 0.2) is 0 Å². The molecule has 1 N–H and O–H groups in total. The van der Waals surface area contributed by atoms with Gasteiger partial charge in [0.2, 0.25) is 0 Å². The maximum absolute atomic E-state index is 5.97. The number of hydrogen-bond acceptors (Lipinski definition) is 3. The monoisotopic (exact) mass is 215 g/mol. The van der Waals surface area contributed by atoms with Crippen LogP contribution in [0.5, 0.6) is 0 Å². The van der Waals surface area contributed by atoms with Crippen LogP contribution in [0.25, 0.3) is 0 Å². The topological polar surface area (TPSA) is 30.5 Å². The van der Waals surface area contributed by atoms with Gasteiger partial charge in [-0.2, -0.15) is 0 Å². The van der Waals surface area contributed by atoms with Crippen LogP contribution in [0.3, 0.4) is 0 Å². The summed E-state index contributed by atoms with van der Waals surface area (Å²) in [6.07, 6.45) is 5.52. The lowest BCUT2D eigenvalue weighted by Crippen LogP contribution is -2.39. The first kappa shape index (κ1) is 12.9. The highest BCUT2D eigenvalue weighted by molar-refractivity contribution is 4.84. The molecule has 3 nitrogen and oxygen atoms in total. The molecule has 0 saturated heterocycles. The molecule has 90 valence electrons. The minimum absolute atomic E-state index is 0.212. The third-order valence-corrected chi connectivity index (χ3v) is 2.92. The van der Waals surface area contributed by atoms with Crippen molar-refractivity contribution in [1.82, 2.24) is 5.32 Å². The Hall–Kier alpha value is -0.120. The van der Waals surface area contributed by atoms with Gasteiger partial charge in [0.25, 0.3) is 0 Å². The Labute approximate surface area is 93.5 Å². The first-order valence-corrected chi connectivity index (χ1v) is 6.15. The Morgan fingerprint density at radius 2 is 2.20 bits per heavy atom. The van der Waals surface area contributed by atoms with Gasteiger partial charge in [-0.15, -0.1) is 0 Å². The highest BCUT2D eigenvalue weighted by Crippen LogP contribution is 2.23. The molecule has 0 amide bonds. The van der Waals surface area contributed by atoms with Crippen molar-refractivity contribution in [2.24, 2.45) is 0 Å². The summed E-state index contributed by atoms with van der Waals surface area (Å²) in [5.74, 6) is 0. The van der Waals surface area contributed by atoms with Crippen molar-refractivity contribution in [3.63, 3.8) is 0 Å². The van der Waals surface area contributed by atoms with Crippen LogP contribution < -0.4 is 5.32 Å². The standard InChI is InChI=1S/C12H25NO2/c1-4-8-13-11-6-5-7-12(11)15-10(2)9-14-3/h10-13H,4-9H2,1-3H3. The van der Waals surface area contributed by atoms with Crippen molar-refractivity contribution < 1.29 is 9.47 Å². The molecule has 15 heavy (non-hydrogen) atoms. The van der Waals surface area contributed by atoms with Gasteiger partial charge >= 0.3 is 0 Å². The molecule has 0 radical (unpaired) electrons. The van der Waals surface area contributed by atoms with E-state index in [4.69, 9.17) is 9.47 Å². The first-order valence-electron chi connectivity index (χ1n) is 6.15. The van der Waals surface area contributed by atoms with Gasteiger partial charge in [0, 0.05) is 13.2 Å². The Morgan fingerprint density at radius 3 is 2.87 bits per heavy atom. The van der Waals surface area contributed by atoms with E-state index in [1.807, 2.05) is 0 Å². The van der Waals surface area contributed by atoms with Gasteiger partial charge in [-0.25, -0.2) is 0 Å². The van der Waals surface area contributed by atoms with Gasteiger partial charge in [-0.3, -0.25) is 0 Å². The predicted molar refractivity (Wildman–Crippen MR) is 62.1 cm³/mol. The largest absolute Gasteiger partial charge is 0.382 e. The van der Waals surface area contributed by atoms with Crippen molar-refractivity contribution in [3.8, 4) is 0 Å². The summed E-state index contributed by atoms with van der Waals surface area (Å²) in [6, 6.07) is 0.559. The summed E-state index contributed by atoms with van der Waals surface area (Å²) < 4.78 is 11.1. The lowest BCUT2D eigenvalue weighted by atomic mass is 10.2. The molecular weight excluding hydrogens is 190 g/mol. The lowest BCUT2D eigenvalue weighted by Gasteiger charge is -2.24. The Kier molecular flexibility index (Phi) is 6.22. The van der Waals surface area contributed by atoms with Gasteiger partial charge in [0.05, 0.1) is 18.8 Å². The fourth-order valence-electron chi connectivity index (χ4n) is 2.22. The van der Waals surface area contributed by atoms with Gasteiger partial charge in [0.1, 0.15) is 0 Å². The summed E-state index contributed by atoms with van der Waals surface area (Å²) >= 11 is 0. The molecule has 1 fully saturated rings. The number of hydrogen-bond donors (Lipinski definition) is 1. The summed E-state index contributed by atoms with van der Waals surface area (Å²) in [6.45, 7) is 6.07. The van der Waals surface area contributed by atoms with Crippen LogP contribution in [0.2, 0.25) is 0 Å². The maximum atomic E-state index is 5.97. The summed E-state index contributed by atoms with van der Waals surface area (Å²) in [4.78, 5) is 0. The van der Waals surface area contributed by atoms with Gasteiger partial charge < -0.3 is 14.8 Å². The van der Waals surface area contributed by atoms with Crippen LogP contribution in [0.4, 0.5) is 0 Å². The van der Waals surface area contributed by atoms with E-state index in [9.17, 15) is 0 Å². The summed E-state index contributed by atoms with van der Waals surface area (Å²) in [5.41, 5.74) is 0. The second-order valence-electron chi connectivity index (χ2n) is 4.43. The van der Waals surface area contributed by atoms with Crippen LogP contribution >= 0.6 is 0 Å². The van der Waals surface area contributed by atoms with E-state index in [0.29, 0.717) is 18.8 Å². The predicted octanol–water partition coefficient (Wildman–Crippen LogP) is 1.96. The minimum atomic E-state index is 0.212. The molecule has 3 heteroatoms. The van der Waals surface area contributed by atoms with Gasteiger partial charge in [-0.1, -0.05) is 6.92 Å². The second kappa shape index (κ2) is 7.20. The van der Waals surface area contributed by atoms with E-state index >= 15 is 0 Å². The molecule has 0 bridgehead atoms. The van der Waals surface area contributed by atoms with E-state index in [0.717, 1.165) is 6.54 Å². The van der Waals surface area contributed by atoms with Crippen molar-refractivity contribution in [3.05, 3.63) is 0 Å². The molecule has 1 aliphatic carbocycles. The van der Waals surface area contributed by atoms with Crippen molar-refractivity contribution in [1.29, 1.82) is 0 Å². The molecule has 0 aromatic rings. The SMILES string of the molecule is CCCNC1CCCC1OC(C)COC. The molecule has 3 atom stereocenters. The number of ether oxygens (including phenoxy) is 2. The Bertz CT molecular complexity index is 164. The van der Waals surface area contributed by atoms with Gasteiger partial charge in [0.15, 0.2) is 0 Å². The quantitative estimate of drug-likeness (QED) is 0.704. The minimum Gasteiger partial charge on any atom is -0.382 e. The zero-order valence-corrected chi connectivity index (χ0v) is 10.3. The van der Waals surface area contributed by atoms with Crippen LogP contribution in [0, 0.1) is 0 Å². The molecule has 0 aliphatic heterocycles. The molecule has 3 unspecified atom stereocenters. The summed E-state index contributed by atoms with van der Waals surface area (Å²) in [7, 11) is 1.72. The molecule has 0 aromatic carbocycles. The fourth-order valence-corrected chi connectivity index (χ4v) is 2.22. The molecular formula is C12H25NO2. The van der Waals surface area contributed by atoms with E-state index in [1.54, 1.807) is 7.11 Å². The highest BCUT2D eigenvalue weighted by Gasteiger charge is 2.28. The van der Waals surface area contributed by atoms with E-state index < -0.39 is 0 Å². The van der Waals surface area contributed by atoms with Crippen molar-refractivity contribution in [2.45, 2.75) is 57.8 Å². The Balaban J connectivity index is 2.26. The number of methoxy groups -OCH3 is 1. The zero-order chi connectivity index (χ0) is 11.1. The van der Waals surface area contributed by atoms with Crippen molar-refractivity contribution >= 4 is 0 Å². The number of rotatable bonds is 7. The maximum Gasteiger partial charge on any atom is 0.0784 e. The van der Waals surface area contributed by atoms with Gasteiger partial charge in [-0.05, 0) is 39.2 Å². The molecule has 0 aromatic heterocycles. The Morgan fingerprint density at radius 1 is 1.40 bits per heavy atom.